The molecule has 0 aliphatic carbocycles. The number of hydrogen-bond donors (Lipinski definition) is 3. The van der Waals surface area contributed by atoms with Gasteiger partial charge in [0.15, 0.2) is 0 Å². The molecule has 0 fully saturated rings. The Hall–Kier alpha value is -3.36. The van der Waals surface area contributed by atoms with E-state index in [9.17, 15) is 18.3 Å². The number of anilines is 2. The van der Waals surface area contributed by atoms with E-state index in [4.69, 9.17) is 0 Å². The van der Waals surface area contributed by atoms with E-state index < -0.39 is 10.0 Å². The van der Waals surface area contributed by atoms with E-state index in [0.717, 1.165) is 30.3 Å². The van der Waals surface area contributed by atoms with Gasteiger partial charge in [-0.05, 0) is 56.4 Å². The maximum Gasteiger partial charge on any atom is 0.262 e. The molecule has 3 N–H and O–H groups in total. The molecule has 3 aromatic carbocycles. The molecule has 3 rings (SSSR count). The lowest BCUT2D eigenvalue weighted by atomic mass is 10.1. The average molecular weight is 650 g/mol. The Kier molecular flexibility index (Phi) is 16.1. The second-order valence-corrected chi connectivity index (χ2v) is 14.0. The van der Waals surface area contributed by atoms with Gasteiger partial charge in [-0.25, -0.2) is 8.42 Å². The van der Waals surface area contributed by atoms with Gasteiger partial charge in [0, 0.05) is 48.2 Å². The lowest BCUT2D eigenvalue weighted by molar-refractivity contribution is 0.0953. The van der Waals surface area contributed by atoms with Crippen LogP contribution in [0.2, 0.25) is 0 Å². The topological polar surface area (TPSA) is 98.7 Å². The number of aliphatic hydroxyl groups excluding tert-OH is 1. The minimum Gasteiger partial charge on any atom is -0.392 e. The number of rotatable bonds is 22. The Balaban J connectivity index is 1.43. The van der Waals surface area contributed by atoms with Gasteiger partial charge in [-0.1, -0.05) is 107 Å². The van der Waals surface area contributed by atoms with Crippen LogP contribution in [0.5, 0.6) is 0 Å². The van der Waals surface area contributed by atoms with Crippen LogP contribution in [-0.2, 0) is 16.6 Å². The third kappa shape index (κ3) is 11.8. The monoisotopic (exact) mass is 649 g/mol. The van der Waals surface area contributed by atoms with Gasteiger partial charge < -0.3 is 15.3 Å². The Morgan fingerprint density at radius 3 is 2.04 bits per heavy atom. The number of hydrogen-bond acceptors (Lipinski definition) is 5. The fraction of sp³-hybridized carbons (Fsp3) is 0.500. The first kappa shape index (κ1) is 37.1. The van der Waals surface area contributed by atoms with Crippen LogP contribution < -0.4 is 14.9 Å². The number of allylic oxidation sites excluding steroid dienone is 2. The smallest absolute Gasteiger partial charge is 0.262 e. The van der Waals surface area contributed by atoms with Crippen molar-refractivity contribution in [2.75, 3.05) is 30.3 Å². The summed E-state index contributed by atoms with van der Waals surface area (Å²) in [7, 11) is -0.191. The van der Waals surface area contributed by atoms with Gasteiger partial charge in [0.25, 0.3) is 15.9 Å². The number of unbranched alkanes of at least 4 members (excludes halogenated alkanes) is 12. The van der Waals surface area contributed by atoms with Crippen LogP contribution in [0.3, 0.4) is 0 Å². The van der Waals surface area contributed by atoms with Crippen LogP contribution in [0, 0.1) is 0 Å². The van der Waals surface area contributed by atoms with Crippen LogP contribution in [-0.4, -0.2) is 40.1 Å². The lowest BCUT2D eigenvalue weighted by Gasteiger charge is -2.18. The molecule has 0 bridgehead atoms. The Bertz CT molecular complexity index is 1500. The van der Waals surface area contributed by atoms with E-state index in [1.165, 1.54) is 76.7 Å². The van der Waals surface area contributed by atoms with E-state index in [0.29, 0.717) is 23.1 Å². The second kappa shape index (κ2) is 20.0. The zero-order chi connectivity index (χ0) is 33.2. The second-order valence-electron chi connectivity index (χ2n) is 12.4. The molecule has 7 nitrogen and oxygen atoms in total. The van der Waals surface area contributed by atoms with Gasteiger partial charge in [0.2, 0.25) is 0 Å². The third-order valence-electron chi connectivity index (χ3n) is 8.39. The van der Waals surface area contributed by atoms with E-state index >= 15 is 0 Å². The van der Waals surface area contributed by atoms with Gasteiger partial charge in [0.1, 0.15) is 0 Å². The number of sulfonamides is 1. The van der Waals surface area contributed by atoms with Crippen molar-refractivity contribution in [3.8, 4) is 0 Å². The first-order valence-corrected chi connectivity index (χ1v) is 18.7. The molecule has 0 aliphatic rings. The van der Waals surface area contributed by atoms with Crippen LogP contribution in [0.1, 0.15) is 113 Å². The highest BCUT2D eigenvalue weighted by Crippen LogP contribution is 2.32. The Morgan fingerprint density at radius 2 is 1.39 bits per heavy atom. The molecule has 3 aromatic rings. The molecule has 0 saturated heterocycles. The summed E-state index contributed by atoms with van der Waals surface area (Å²) in [5, 5.41) is 14.3. The minimum absolute atomic E-state index is 0.132. The molecular weight excluding hydrogens is 595 g/mol. The zero-order valence-electron chi connectivity index (χ0n) is 28.2. The maximum atomic E-state index is 13.6. The van der Waals surface area contributed by atoms with E-state index in [1.807, 2.05) is 37.2 Å². The number of nitrogens with zero attached hydrogens (tertiary/aromatic N) is 1. The predicted molar refractivity (Wildman–Crippen MR) is 193 cm³/mol. The average Bonchev–Trinajstić information content (AvgIpc) is 3.05. The highest BCUT2D eigenvalue weighted by atomic mass is 32.2. The number of carbonyl (C=O) groups excluding carboxylic acids is 1. The van der Waals surface area contributed by atoms with Crippen molar-refractivity contribution < 1.29 is 18.3 Å². The van der Waals surface area contributed by atoms with Crippen LogP contribution in [0.15, 0.2) is 71.6 Å². The summed E-state index contributed by atoms with van der Waals surface area (Å²) in [6.07, 6.45) is 22.0. The number of fused-ring (bicyclic) bond motifs is 1. The van der Waals surface area contributed by atoms with Gasteiger partial charge >= 0.3 is 0 Å². The zero-order valence-corrected chi connectivity index (χ0v) is 29.0. The van der Waals surface area contributed by atoms with Crippen LogP contribution in [0.25, 0.3) is 10.8 Å². The largest absolute Gasteiger partial charge is 0.392 e. The van der Waals surface area contributed by atoms with E-state index in [1.54, 1.807) is 30.3 Å². The van der Waals surface area contributed by atoms with Crippen molar-refractivity contribution in [1.82, 2.24) is 5.32 Å². The molecule has 1 amide bonds. The standard InChI is InChI=1S/C38H55N3O4S/c1-4-5-6-7-8-9-10-11-12-13-14-15-16-17-18-19-28-39-38(43)31-26-27-32(30-42)35(29-31)40-46(44,45)37-25-21-22-33-34(37)23-20-24-36(33)41(2)3/h11-12,20-27,29,40,42H,4-10,13-19,28,30H2,1-3H3,(H,39,43)/b12-11-. The van der Waals surface area contributed by atoms with Gasteiger partial charge in [-0.2, -0.15) is 0 Å². The molecule has 0 heterocycles. The maximum absolute atomic E-state index is 13.6. The number of aliphatic hydroxyl groups is 1. The molecule has 0 spiro atoms. The highest BCUT2D eigenvalue weighted by molar-refractivity contribution is 7.93. The van der Waals surface area contributed by atoms with Gasteiger partial charge in [0.05, 0.1) is 17.2 Å². The van der Waals surface area contributed by atoms with Crippen molar-refractivity contribution in [2.24, 2.45) is 0 Å². The lowest BCUT2D eigenvalue weighted by Crippen LogP contribution is -2.25. The van der Waals surface area contributed by atoms with E-state index in [2.05, 4.69) is 29.1 Å². The molecule has 0 atom stereocenters. The summed E-state index contributed by atoms with van der Waals surface area (Å²) >= 11 is 0. The minimum atomic E-state index is -4.02. The molecule has 252 valence electrons. The summed E-state index contributed by atoms with van der Waals surface area (Å²) in [5.74, 6) is -0.265. The van der Waals surface area contributed by atoms with Gasteiger partial charge in [-0.3, -0.25) is 9.52 Å². The Morgan fingerprint density at radius 1 is 0.783 bits per heavy atom. The SMILES string of the molecule is CCCCCCCC/C=C\CCCCCCCCNC(=O)c1ccc(CO)c(NS(=O)(=O)c2cccc3c(N(C)C)cccc23)c1. The van der Waals surface area contributed by atoms with Crippen molar-refractivity contribution in [1.29, 1.82) is 0 Å². The quantitative estimate of drug-likeness (QED) is 0.0746. The molecule has 0 unspecified atom stereocenters. The molecular formula is C38H55N3O4S. The third-order valence-corrected chi connectivity index (χ3v) is 9.81. The molecule has 46 heavy (non-hydrogen) atoms. The summed E-state index contributed by atoms with van der Waals surface area (Å²) in [6.45, 7) is 2.45. The van der Waals surface area contributed by atoms with Crippen LogP contribution in [0.4, 0.5) is 11.4 Å². The normalized spacial score (nSPS) is 11.7. The molecule has 0 radical (unpaired) electrons. The highest BCUT2D eigenvalue weighted by Gasteiger charge is 2.21. The molecule has 0 saturated carbocycles. The van der Waals surface area contributed by atoms with Gasteiger partial charge in [-0.15, -0.1) is 0 Å². The number of carbonyl (C=O) groups is 1. The number of benzene rings is 3. The van der Waals surface area contributed by atoms with Crippen molar-refractivity contribution in [2.45, 2.75) is 108 Å². The summed E-state index contributed by atoms with van der Waals surface area (Å²) in [5.41, 5.74) is 1.83. The Labute approximate surface area is 277 Å². The molecule has 0 aliphatic heterocycles. The van der Waals surface area contributed by atoms with Crippen molar-refractivity contribution >= 4 is 38.1 Å². The first-order valence-electron chi connectivity index (χ1n) is 17.2. The summed E-state index contributed by atoms with van der Waals surface area (Å²) < 4.78 is 29.8. The number of amides is 1. The predicted octanol–water partition coefficient (Wildman–Crippen LogP) is 8.97. The van der Waals surface area contributed by atoms with E-state index in [-0.39, 0.29) is 23.1 Å². The first-order chi connectivity index (χ1) is 22.3. The molecule has 8 heteroatoms. The molecule has 0 aromatic heterocycles. The van der Waals surface area contributed by atoms with Crippen LogP contribution >= 0.6 is 0 Å². The fourth-order valence-electron chi connectivity index (χ4n) is 5.72. The summed E-state index contributed by atoms with van der Waals surface area (Å²) in [6, 6.07) is 15.4. The number of nitrogens with one attached hydrogen (secondary N) is 2. The van der Waals surface area contributed by atoms with Crippen molar-refractivity contribution in [3.63, 3.8) is 0 Å². The fourth-order valence-corrected chi connectivity index (χ4v) is 7.03. The van der Waals surface area contributed by atoms with Crippen molar-refractivity contribution in [3.05, 3.63) is 77.9 Å². The summed E-state index contributed by atoms with van der Waals surface area (Å²) in [4.78, 5) is 15.0.